The Morgan fingerprint density at radius 1 is 0.650 bits per heavy atom. The van der Waals surface area contributed by atoms with Crippen LogP contribution in [0.3, 0.4) is 0 Å². The second kappa shape index (κ2) is 12.6. The lowest BCUT2D eigenvalue weighted by atomic mass is 10.2. The number of ether oxygens (including phenoxy) is 4. The summed E-state index contributed by atoms with van der Waals surface area (Å²) in [5, 5.41) is 29.7. The lowest BCUT2D eigenvalue weighted by molar-refractivity contribution is -0.385. The molecule has 202 valence electrons. The van der Waals surface area contributed by atoms with Crippen LogP contribution in [0.25, 0.3) is 0 Å². The quantitative estimate of drug-likeness (QED) is 0.136. The summed E-state index contributed by atoms with van der Waals surface area (Å²) >= 11 is 0. The molecule has 40 heavy (non-hydrogen) atoms. The molecular formula is C26H20N6O8. The summed E-state index contributed by atoms with van der Waals surface area (Å²) in [6, 6.07) is 15.5. The van der Waals surface area contributed by atoms with Crippen LogP contribution in [0.2, 0.25) is 0 Å². The topological polar surface area (TPSA) is 174 Å². The van der Waals surface area contributed by atoms with Crippen LogP contribution in [-0.4, -0.2) is 46.5 Å². The fraction of sp³-hybridized carbons (Fsp3) is 0.0769. The number of nitro groups is 2. The van der Waals surface area contributed by atoms with Gasteiger partial charge >= 0.3 is 0 Å². The largest absolute Gasteiger partial charge is 0.493 e. The zero-order valence-electron chi connectivity index (χ0n) is 21.0. The Hall–Kier alpha value is -5.92. The summed E-state index contributed by atoms with van der Waals surface area (Å²) in [6.45, 7) is 0. The minimum atomic E-state index is -0.545. The van der Waals surface area contributed by atoms with Crippen molar-refractivity contribution in [1.29, 1.82) is 0 Å². The van der Waals surface area contributed by atoms with E-state index in [2.05, 4.69) is 20.2 Å². The van der Waals surface area contributed by atoms with Crippen molar-refractivity contribution in [2.75, 3.05) is 14.2 Å². The van der Waals surface area contributed by atoms with Crippen molar-refractivity contribution < 1.29 is 28.8 Å². The minimum Gasteiger partial charge on any atom is -0.493 e. The zero-order chi connectivity index (χ0) is 28.5. The molecule has 4 aromatic rings. The maximum Gasteiger partial charge on any atom is 0.287 e. The van der Waals surface area contributed by atoms with Gasteiger partial charge in [0.25, 0.3) is 11.4 Å². The first-order chi connectivity index (χ1) is 19.4. The maximum absolute atomic E-state index is 10.8. The van der Waals surface area contributed by atoms with Crippen molar-refractivity contribution in [2.45, 2.75) is 0 Å². The van der Waals surface area contributed by atoms with E-state index < -0.39 is 9.85 Å². The van der Waals surface area contributed by atoms with E-state index in [9.17, 15) is 20.2 Å². The summed E-state index contributed by atoms with van der Waals surface area (Å²) in [4.78, 5) is 28.3. The molecule has 4 rings (SSSR count). The van der Waals surface area contributed by atoms with Gasteiger partial charge in [-0.1, -0.05) is 0 Å². The fourth-order valence-corrected chi connectivity index (χ4v) is 3.20. The molecule has 0 aliphatic carbocycles. The third-order valence-electron chi connectivity index (χ3n) is 5.15. The molecule has 0 spiro atoms. The highest BCUT2D eigenvalue weighted by molar-refractivity contribution is 5.84. The Morgan fingerprint density at radius 2 is 1.07 bits per heavy atom. The van der Waals surface area contributed by atoms with Crippen LogP contribution < -0.4 is 18.9 Å². The van der Waals surface area contributed by atoms with E-state index in [0.717, 1.165) is 12.4 Å². The van der Waals surface area contributed by atoms with Gasteiger partial charge in [0, 0.05) is 24.3 Å². The van der Waals surface area contributed by atoms with E-state index >= 15 is 0 Å². The zero-order valence-corrected chi connectivity index (χ0v) is 21.0. The second-order valence-corrected chi connectivity index (χ2v) is 7.74. The monoisotopic (exact) mass is 544 g/mol. The number of rotatable bonds is 11. The summed E-state index contributed by atoms with van der Waals surface area (Å²) in [5.41, 5.74) is 1.06. The Morgan fingerprint density at radius 3 is 1.40 bits per heavy atom. The maximum atomic E-state index is 10.8. The summed E-state index contributed by atoms with van der Waals surface area (Å²) < 4.78 is 22.1. The first-order valence-electron chi connectivity index (χ1n) is 11.4. The summed E-state index contributed by atoms with van der Waals surface area (Å²) in [7, 11) is 2.95. The van der Waals surface area contributed by atoms with Gasteiger partial charge in [-0.3, -0.25) is 20.2 Å². The molecule has 2 aromatic heterocycles. The number of benzene rings is 2. The number of pyridine rings is 2. The highest BCUT2D eigenvalue weighted by Gasteiger charge is 2.11. The molecule has 0 saturated heterocycles. The molecule has 0 atom stereocenters. The molecule has 0 aliphatic rings. The molecule has 0 bridgehead atoms. The predicted molar refractivity (Wildman–Crippen MR) is 143 cm³/mol. The van der Waals surface area contributed by atoms with E-state index in [1.54, 1.807) is 36.4 Å². The normalized spacial score (nSPS) is 10.9. The number of hydrogen-bond donors (Lipinski definition) is 0. The summed E-state index contributed by atoms with van der Waals surface area (Å²) in [5.74, 6) is 1.87. The average Bonchev–Trinajstić information content (AvgIpc) is 2.97. The highest BCUT2D eigenvalue weighted by atomic mass is 16.6. The lowest BCUT2D eigenvalue weighted by Gasteiger charge is -2.10. The number of nitrogens with zero attached hydrogens (tertiary/aromatic N) is 6. The SMILES string of the molecule is COc1cc(/C=N\N=C/c2ccc(Oc3ccc([N+](=O)[O-])cn3)c(OC)c2)ccc1Oc1ccc([N+](=O)[O-])cn1. The Balaban J connectivity index is 1.40. The van der Waals surface area contributed by atoms with Crippen molar-refractivity contribution in [2.24, 2.45) is 10.2 Å². The molecule has 0 N–H and O–H groups in total. The van der Waals surface area contributed by atoms with Crippen LogP contribution in [0.1, 0.15) is 11.1 Å². The second-order valence-electron chi connectivity index (χ2n) is 7.74. The first-order valence-corrected chi connectivity index (χ1v) is 11.4. The van der Waals surface area contributed by atoms with Crippen LogP contribution in [0.5, 0.6) is 34.8 Å². The Kier molecular flexibility index (Phi) is 8.51. The molecule has 0 aliphatic heterocycles. The smallest absolute Gasteiger partial charge is 0.287 e. The average molecular weight is 544 g/mol. The van der Waals surface area contributed by atoms with Gasteiger partial charge < -0.3 is 18.9 Å². The van der Waals surface area contributed by atoms with E-state index in [0.29, 0.717) is 34.1 Å². The van der Waals surface area contributed by atoms with Gasteiger partial charge in [-0.25, -0.2) is 9.97 Å². The number of aromatic nitrogens is 2. The van der Waals surface area contributed by atoms with Crippen LogP contribution in [-0.2, 0) is 0 Å². The first kappa shape index (κ1) is 27.1. The standard InChI is InChI=1S/C26H20N6O8/c1-37-23-11-17(3-7-21(23)39-25-9-5-19(15-27-25)31(33)34)13-29-30-14-18-4-8-22(24(12-18)38-2)40-26-10-6-20(16-28-26)32(35)36/h3-16H,1-2H3/b29-13-,30-14-. The van der Waals surface area contributed by atoms with E-state index in [1.807, 2.05) is 0 Å². The van der Waals surface area contributed by atoms with Crippen LogP contribution in [0.4, 0.5) is 11.4 Å². The van der Waals surface area contributed by atoms with Gasteiger partial charge in [0.15, 0.2) is 23.0 Å². The Bertz CT molecular complexity index is 1450. The summed E-state index contributed by atoms with van der Waals surface area (Å²) in [6.07, 6.45) is 5.24. The van der Waals surface area contributed by atoms with Gasteiger partial charge in [-0.05, 0) is 47.5 Å². The lowest BCUT2D eigenvalue weighted by Crippen LogP contribution is -1.95. The van der Waals surface area contributed by atoms with Gasteiger partial charge in [0.2, 0.25) is 11.8 Å². The van der Waals surface area contributed by atoms with Crippen LogP contribution in [0, 0.1) is 20.2 Å². The molecule has 0 saturated carbocycles. The van der Waals surface area contributed by atoms with E-state index in [4.69, 9.17) is 18.9 Å². The third kappa shape index (κ3) is 6.89. The van der Waals surface area contributed by atoms with Gasteiger partial charge in [-0.15, -0.1) is 0 Å². The van der Waals surface area contributed by atoms with E-state index in [-0.39, 0.29) is 23.1 Å². The van der Waals surface area contributed by atoms with Crippen molar-refractivity contribution >= 4 is 23.8 Å². The molecule has 0 unspecified atom stereocenters. The number of methoxy groups -OCH3 is 2. The minimum absolute atomic E-state index is 0.145. The molecule has 14 heteroatoms. The van der Waals surface area contributed by atoms with Crippen molar-refractivity contribution in [3.8, 4) is 34.8 Å². The number of hydrogen-bond acceptors (Lipinski definition) is 12. The molecule has 0 radical (unpaired) electrons. The highest BCUT2D eigenvalue weighted by Crippen LogP contribution is 2.33. The Labute approximate surface area is 226 Å². The van der Waals surface area contributed by atoms with Crippen LogP contribution in [0.15, 0.2) is 83.3 Å². The molecular weight excluding hydrogens is 524 g/mol. The fourth-order valence-electron chi connectivity index (χ4n) is 3.20. The van der Waals surface area contributed by atoms with Gasteiger partial charge in [0.05, 0.1) is 36.5 Å². The van der Waals surface area contributed by atoms with Crippen molar-refractivity contribution in [1.82, 2.24) is 9.97 Å². The van der Waals surface area contributed by atoms with Crippen molar-refractivity contribution in [3.63, 3.8) is 0 Å². The third-order valence-corrected chi connectivity index (χ3v) is 5.15. The molecule has 2 heterocycles. The molecule has 0 amide bonds. The van der Waals surface area contributed by atoms with Crippen molar-refractivity contribution in [3.05, 3.63) is 104 Å². The van der Waals surface area contributed by atoms with Gasteiger partial charge in [0.1, 0.15) is 12.4 Å². The molecule has 0 fully saturated rings. The van der Waals surface area contributed by atoms with Crippen LogP contribution >= 0.6 is 0 Å². The molecule has 2 aromatic carbocycles. The molecule has 14 nitrogen and oxygen atoms in total. The van der Waals surface area contributed by atoms with Gasteiger partial charge in [-0.2, -0.15) is 10.2 Å². The predicted octanol–water partition coefficient (Wildman–Crippen LogP) is 5.35. The van der Waals surface area contributed by atoms with E-state index in [1.165, 1.54) is 50.9 Å².